The van der Waals surface area contributed by atoms with Gasteiger partial charge in [-0.1, -0.05) is 60.7 Å². The maximum atomic E-state index is 13.0. The number of carbonyl (C=O) groups is 1. The van der Waals surface area contributed by atoms with Gasteiger partial charge in [-0.2, -0.15) is 0 Å². The van der Waals surface area contributed by atoms with Crippen molar-refractivity contribution in [2.45, 2.75) is 57.5 Å². The molecule has 1 amide bonds. The molecular weight excluding hydrogens is 366 g/mol. The molecule has 5 heteroatoms. The lowest BCUT2D eigenvalue weighted by Crippen LogP contribution is -2.53. The fraction of sp³-hybridized carbons (Fsp3) is 0.458. The minimum Gasteiger partial charge on any atom is -0.444 e. The summed E-state index contributed by atoms with van der Waals surface area (Å²) in [5.41, 5.74) is 0.804. The van der Waals surface area contributed by atoms with E-state index in [-0.39, 0.29) is 12.7 Å². The maximum Gasteiger partial charge on any atom is 0.410 e. The lowest BCUT2D eigenvalue weighted by atomic mass is 9.88. The molecule has 1 aliphatic rings. The van der Waals surface area contributed by atoms with Gasteiger partial charge in [-0.25, -0.2) is 4.79 Å². The molecule has 1 N–H and O–H groups in total. The molecule has 1 saturated heterocycles. The zero-order valence-corrected chi connectivity index (χ0v) is 17.5. The van der Waals surface area contributed by atoms with Gasteiger partial charge >= 0.3 is 6.09 Å². The molecule has 0 aromatic heterocycles. The lowest BCUT2D eigenvalue weighted by molar-refractivity contribution is -0.00525. The van der Waals surface area contributed by atoms with Crippen LogP contribution in [0.15, 0.2) is 60.7 Å². The standard InChI is InChI=1S/C24H31NO4/c1-23(2,3)29-22(27)25-16-21(28-17-20-12-8-5-9-13-20)15-24(25,18-26)14-19-10-6-4-7-11-19/h4-13,21,26H,14-18H2,1-3H3/t21-,24-/m0/s1. The summed E-state index contributed by atoms with van der Waals surface area (Å²) >= 11 is 0. The number of rotatable bonds is 6. The molecular formula is C24H31NO4. The van der Waals surface area contributed by atoms with E-state index in [4.69, 9.17) is 9.47 Å². The zero-order chi connectivity index (χ0) is 20.9. The minimum absolute atomic E-state index is 0.146. The summed E-state index contributed by atoms with van der Waals surface area (Å²) in [5.74, 6) is 0. The molecule has 0 bridgehead atoms. The fourth-order valence-electron chi connectivity index (χ4n) is 3.83. The molecule has 5 nitrogen and oxygen atoms in total. The number of aliphatic hydroxyl groups is 1. The molecule has 29 heavy (non-hydrogen) atoms. The van der Waals surface area contributed by atoms with Gasteiger partial charge in [0.1, 0.15) is 5.60 Å². The van der Waals surface area contributed by atoms with Crippen molar-refractivity contribution >= 4 is 6.09 Å². The normalized spacial score (nSPS) is 21.9. The summed E-state index contributed by atoms with van der Waals surface area (Å²) in [5, 5.41) is 10.4. The van der Waals surface area contributed by atoms with Gasteiger partial charge in [0.25, 0.3) is 0 Å². The van der Waals surface area contributed by atoms with E-state index in [1.54, 1.807) is 4.90 Å². The van der Waals surface area contributed by atoms with Gasteiger partial charge in [0, 0.05) is 6.42 Å². The fourth-order valence-corrected chi connectivity index (χ4v) is 3.83. The first-order valence-electron chi connectivity index (χ1n) is 10.1. The SMILES string of the molecule is CC(C)(C)OC(=O)N1C[C@@H](OCc2ccccc2)C[C@]1(CO)Cc1ccccc1. The molecule has 0 radical (unpaired) electrons. The van der Waals surface area contributed by atoms with Crippen LogP contribution in [0.2, 0.25) is 0 Å². The number of likely N-dealkylation sites (tertiary alicyclic amines) is 1. The van der Waals surface area contributed by atoms with Crippen molar-refractivity contribution in [1.82, 2.24) is 4.90 Å². The number of hydrogen-bond acceptors (Lipinski definition) is 4. The Morgan fingerprint density at radius 1 is 1.07 bits per heavy atom. The molecule has 2 atom stereocenters. The molecule has 0 saturated carbocycles. The quantitative estimate of drug-likeness (QED) is 0.794. The van der Waals surface area contributed by atoms with Gasteiger partial charge in [0.2, 0.25) is 0 Å². The molecule has 3 rings (SSSR count). The highest BCUT2D eigenvalue weighted by Crippen LogP contribution is 2.35. The van der Waals surface area contributed by atoms with Crippen LogP contribution in [-0.4, -0.2) is 46.5 Å². The average molecular weight is 398 g/mol. The van der Waals surface area contributed by atoms with Gasteiger partial charge in [-0.15, -0.1) is 0 Å². The molecule has 0 unspecified atom stereocenters. The molecule has 2 aromatic rings. The number of nitrogens with zero attached hydrogens (tertiary/aromatic N) is 1. The predicted molar refractivity (Wildman–Crippen MR) is 113 cm³/mol. The van der Waals surface area contributed by atoms with E-state index in [9.17, 15) is 9.90 Å². The van der Waals surface area contributed by atoms with Crippen LogP contribution >= 0.6 is 0 Å². The van der Waals surface area contributed by atoms with Crippen LogP contribution in [0, 0.1) is 0 Å². The third kappa shape index (κ3) is 5.58. The Labute approximate surface area is 173 Å². The largest absolute Gasteiger partial charge is 0.444 e. The van der Waals surface area contributed by atoms with Gasteiger partial charge < -0.3 is 14.6 Å². The Bertz CT molecular complexity index is 788. The monoisotopic (exact) mass is 397 g/mol. The molecule has 1 fully saturated rings. The first-order chi connectivity index (χ1) is 13.8. The molecule has 0 aliphatic carbocycles. The third-order valence-electron chi connectivity index (χ3n) is 5.18. The van der Waals surface area contributed by atoms with Gasteiger partial charge in [-0.3, -0.25) is 4.90 Å². The Hall–Kier alpha value is -2.37. The van der Waals surface area contributed by atoms with Crippen molar-refractivity contribution in [2.75, 3.05) is 13.2 Å². The van der Waals surface area contributed by atoms with Crippen molar-refractivity contribution in [3.05, 3.63) is 71.8 Å². The zero-order valence-electron chi connectivity index (χ0n) is 17.5. The maximum absolute atomic E-state index is 13.0. The number of ether oxygens (including phenoxy) is 2. The van der Waals surface area contributed by atoms with Crippen molar-refractivity contribution in [1.29, 1.82) is 0 Å². The number of amides is 1. The first kappa shape index (κ1) is 21.3. The van der Waals surface area contributed by atoms with Crippen LogP contribution in [0.25, 0.3) is 0 Å². The highest BCUT2D eigenvalue weighted by molar-refractivity contribution is 5.70. The van der Waals surface area contributed by atoms with Gasteiger partial charge in [0.05, 0.1) is 31.4 Å². The van der Waals surface area contributed by atoms with Gasteiger partial charge in [-0.05, 0) is 38.3 Å². The second kappa shape index (κ2) is 8.97. The molecule has 1 aliphatic heterocycles. The smallest absolute Gasteiger partial charge is 0.410 e. The Kier molecular flexibility index (Phi) is 6.60. The van der Waals surface area contributed by atoms with Crippen molar-refractivity contribution in [3.8, 4) is 0 Å². The molecule has 1 heterocycles. The first-order valence-corrected chi connectivity index (χ1v) is 10.1. The van der Waals surface area contributed by atoms with Crippen LogP contribution < -0.4 is 0 Å². The second-order valence-electron chi connectivity index (χ2n) is 8.76. The minimum atomic E-state index is -0.745. The van der Waals surface area contributed by atoms with E-state index < -0.39 is 17.2 Å². The van der Waals surface area contributed by atoms with E-state index in [0.717, 1.165) is 11.1 Å². The Morgan fingerprint density at radius 2 is 1.66 bits per heavy atom. The van der Waals surface area contributed by atoms with Gasteiger partial charge in [0.15, 0.2) is 0 Å². The molecule has 156 valence electrons. The summed E-state index contributed by atoms with van der Waals surface area (Å²) in [6.45, 7) is 6.27. The highest BCUT2D eigenvalue weighted by atomic mass is 16.6. The summed E-state index contributed by atoms with van der Waals surface area (Å²) in [6.07, 6.45) is 0.533. The summed E-state index contributed by atoms with van der Waals surface area (Å²) in [7, 11) is 0. The Balaban J connectivity index is 1.79. The van der Waals surface area contributed by atoms with Crippen LogP contribution in [0.3, 0.4) is 0 Å². The Morgan fingerprint density at radius 3 is 2.21 bits per heavy atom. The summed E-state index contributed by atoms with van der Waals surface area (Å²) in [6, 6.07) is 19.9. The van der Waals surface area contributed by atoms with E-state index >= 15 is 0 Å². The molecule has 2 aromatic carbocycles. The van der Waals surface area contributed by atoms with Crippen LogP contribution in [0.4, 0.5) is 4.79 Å². The van der Waals surface area contributed by atoms with Crippen LogP contribution in [0.1, 0.15) is 38.3 Å². The number of aliphatic hydroxyl groups excluding tert-OH is 1. The third-order valence-corrected chi connectivity index (χ3v) is 5.18. The topological polar surface area (TPSA) is 59.0 Å². The van der Waals surface area contributed by atoms with Crippen molar-refractivity contribution in [3.63, 3.8) is 0 Å². The van der Waals surface area contributed by atoms with Crippen LogP contribution in [0.5, 0.6) is 0 Å². The van der Waals surface area contributed by atoms with E-state index in [2.05, 4.69) is 0 Å². The van der Waals surface area contributed by atoms with E-state index in [0.29, 0.717) is 26.0 Å². The number of hydrogen-bond donors (Lipinski definition) is 1. The average Bonchev–Trinajstić information content (AvgIpc) is 3.06. The predicted octanol–water partition coefficient (Wildman–Crippen LogP) is 4.19. The lowest BCUT2D eigenvalue weighted by Gasteiger charge is -2.37. The number of carbonyl (C=O) groups excluding carboxylic acids is 1. The van der Waals surface area contributed by atoms with Crippen molar-refractivity contribution in [2.24, 2.45) is 0 Å². The number of benzene rings is 2. The summed E-state index contributed by atoms with van der Waals surface area (Å²) < 4.78 is 11.8. The molecule has 0 spiro atoms. The second-order valence-corrected chi connectivity index (χ2v) is 8.76. The van der Waals surface area contributed by atoms with E-state index in [1.807, 2.05) is 81.4 Å². The summed E-state index contributed by atoms with van der Waals surface area (Å²) in [4.78, 5) is 14.7. The van der Waals surface area contributed by atoms with Crippen LogP contribution in [-0.2, 0) is 22.5 Å². The highest BCUT2D eigenvalue weighted by Gasteiger charge is 2.49. The van der Waals surface area contributed by atoms with Crippen molar-refractivity contribution < 1.29 is 19.4 Å². The van der Waals surface area contributed by atoms with E-state index in [1.165, 1.54) is 0 Å².